The van der Waals surface area contributed by atoms with Gasteiger partial charge >= 0.3 is 0 Å². The Bertz CT molecular complexity index is 1070. The highest BCUT2D eigenvalue weighted by atomic mass is 32.2. The fourth-order valence-corrected chi connectivity index (χ4v) is 4.07. The smallest absolute Gasteiger partial charge is 0.261 e. The van der Waals surface area contributed by atoms with Crippen LogP contribution in [0.5, 0.6) is 5.75 Å². The number of rotatable bonds is 8. The molecule has 0 saturated carbocycles. The lowest BCUT2D eigenvalue weighted by molar-refractivity contribution is -0.137. The second kappa shape index (κ2) is 10.5. The number of benzene rings is 2. The number of H-pyrrole nitrogens is 1. The van der Waals surface area contributed by atoms with Gasteiger partial charge in [0.25, 0.3) is 5.91 Å². The minimum absolute atomic E-state index is 0.0250. The van der Waals surface area contributed by atoms with Crippen molar-refractivity contribution in [2.24, 2.45) is 0 Å². The van der Waals surface area contributed by atoms with E-state index < -0.39 is 11.3 Å². The monoisotopic (exact) mass is 455 g/mol. The van der Waals surface area contributed by atoms with Gasteiger partial charge < -0.3 is 9.64 Å². The summed E-state index contributed by atoms with van der Waals surface area (Å²) in [6.07, 6.45) is 2.75. The van der Waals surface area contributed by atoms with Crippen molar-refractivity contribution in [1.29, 1.82) is 0 Å². The van der Waals surface area contributed by atoms with Crippen LogP contribution in [0, 0.1) is 0 Å². The number of hydrogen-bond acceptors (Lipinski definition) is 5. The van der Waals surface area contributed by atoms with Gasteiger partial charge in [-0.2, -0.15) is 5.10 Å². The standard InChI is InChI=1S/C22H25N5O4S/c28-20(15-31-18-9-2-1-3-10-18)27-12-5-4-11-19(27)22-24-21(25-26-22)17-8-6-7-16(13-17)14-23-32(29)30/h1-3,6-10,13,19,23H,4-5,11-12,14-15H2,(H,29,30)(H,24,25,26). The lowest BCUT2D eigenvalue weighted by atomic mass is 10.0. The van der Waals surface area contributed by atoms with E-state index in [0.29, 0.717) is 23.9 Å². The Balaban J connectivity index is 1.46. The zero-order chi connectivity index (χ0) is 22.3. The molecule has 9 nitrogen and oxygen atoms in total. The summed E-state index contributed by atoms with van der Waals surface area (Å²) in [6.45, 7) is 0.875. The van der Waals surface area contributed by atoms with Crippen LogP contribution >= 0.6 is 0 Å². The number of amides is 1. The number of para-hydroxylation sites is 1. The first-order valence-corrected chi connectivity index (χ1v) is 11.5. The second-order valence-electron chi connectivity index (χ2n) is 7.52. The molecular weight excluding hydrogens is 430 g/mol. The molecule has 1 aliphatic heterocycles. The molecule has 3 N–H and O–H groups in total. The van der Waals surface area contributed by atoms with E-state index >= 15 is 0 Å². The molecule has 0 aliphatic carbocycles. The van der Waals surface area contributed by atoms with E-state index in [4.69, 9.17) is 9.29 Å². The molecule has 2 heterocycles. The SMILES string of the molecule is O=C(COc1ccccc1)N1CCCCC1c1nc(-c2cccc(CNS(=O)O)c2)n[nH]1. The van der Waals surface area contributed by atoms with Crippen molar-refractivity contribution in [3.8, 4) is 17.1 Å². The third-order valence-electron chi connectivity index (χ3n) is 5.33. The van der Waals surface area contributed by atoms with Gasteiger partial charge in [0, 0.05) is 18.7 Å². The molecule has 0 radical (unpaired) electrons. The Morgan fingerprint density at radius 1 is 1.22 bits per heavy atom. The number of carbonyl (C=O) groups is 1. The van der Waals surface area contributed by atoms with Gasteiger partial charge in [-0.3, -0.25) is 14.4 Å². The van der Waals surface area contributed by atoms with E-state index in [2.05, 4.69) is 19.9 Å². The predicted molar refractivity (Wildman–Crippen MR) is 120 cm³/mol. The molecular formula is C22H25N5O4S. The van der Waals surface area contributed by atoms with Crippen molar-refractivity contribution in [3.63, 3.8) is 0 Å². The van der Waals surface area contributed by atoms with Gasteiger partial charge in [-0.25, -0.2) is 13.9 Å². The predicted octanol–water partition coefficient (Wildman–Crippen LogP) is 2.83. The largest absolute Gasteiger partial charge is 0.484 e. The molecule has 0 spiro atoms. The normalized spacial score (nSPS) is 17.2. The van der Waals surface area contributed by atoms with Crippen molar-refractivity contribution in [1.82, 2.24) is 24.8 Å². The van der Waals surface area contributed by atoms with Crippen LogP contribution in [-0.2, 0) is 22.6 Å². The Morgan fingerprint density at radius 3 is 2.88 bits per heavy atom. The van der Waals surface area contributed by atoms with Crippen LogP contribution in [0.1, 0.15) is 36.7 Å². The molecule has 3 aromatic rings. The average Bonchev–Trinajstić information content (AvgIpc) is 3.32. The number of piperidine rings is 1. The summed E-state index contributed by atoms with van der Waals surface area (Å²) in [5.74, 6) is 1.75. The van der Waals surface area contributed by atoms with Gasteiger partial charge in [-0.05, 0) is 43.0 Å². The highest BCUT2D eigenvalue weighted by molar-refractivity contribution is 7.77. The van der Waals surface area contributed by atoms with Crippen molar-refractivity contribution in [3.05, 3.63) is 66.0 Å². The molecule has 1 fully saturated rings. The van der Waals surface area contributed by atoms with Crippen LogP contribution in [0.25, 0.3) is 11.4 Å². The van der Waals surface area contributed by atoms with E-state index in [1.165, 1.54) is 0 Å². The Kier molecular flexibility index (Phi) is 7.25. The van der Waals surface area contributed by atoms with Crippen molar-refractivity contribution in [2.45, 2.75) is 31.8 Å². The first kappa shape index (κ1) is 22.1. The summed E-state index contributed by atoms with van der Waals surface area (Å²) in [7, 11) is 0. The molecule has 168 valence electrons. The maximum Gasteiger partial charge on any atom is 0.261 e. The molecule has 10 heteroatoms. The quantitative estimate of drug-likeness (QED) is 0.449. The van der Waals surface area contributed by atoms with Crippen molar-refractivity contribution >= 4 is 17.2 Å². The Hall–Kier alpha value is -3.08. The molecule has 2 aromatic carbocycles. The highest BCUT2D eigenvalue weighted by Gasteiger charge is 2.30. The number of ether oxygens (including phenoxy) is 1. The molecule has 32 heavy (non-hydrogen) atoms. The second-order valence-corrected chi connectivity index (χ2v) is 8.30. The van der Waals surface area contributed by atoms with Crippen molar-refractivity contribution < 1.29 is 18.3 Å². The summed E-state index contributed by atoms with van der Waals surface area (Å²) < 4.78 is 27.9. The summed E-state index contributed by atoms with van der Waals surface area (Å²) in [6, 6.07) is 16.5. The average molecular weight is 456 g/mol. The van der Waals surface area contributed by atoms with E-state index in [-0.39, 0.29) is 25.1 Å². The van der Waals surface area contributed by atoms with Gasteiger partial charge in [0.15, 0.2) is 12.4 Å². The molecule has 1 amide bonds. The van der Waals surface area contributed by atoms with Crippen molar-refractivity contribution in [2.75, 3.05) is 13.2 Å². The van der Waals surface area contributed by atoms with E-state index in [1.807, 2.05) is 59.5 Å². The summed E-state index contributed by atoms with van der Waals surface area (Å²) in [4.78, 5) is 19.4. The van der Waals surface area contributed by atoms with Gasteiger partial charge in [0.1, 0.15) is 11.6 Å². The van der Waals surface area contributed by atoms with Gasteiger partial charge in [0.05, 0.1) is 6.04 Å². The molecule has 2 atom stereocenters. The van der Waals surface area contributed by atoms with Crippen LogP contribution < -0.4 is 9.46 Å². The summed E-state index contributed by atoms with van der Waals surface area (Å²) in [5.41, 5.74) is 1.63. The van der Waals surface area contributed by atoms with E-state index in [0.717, 1.165) is 30.4 Å². The molecule has 2 unspecified atom stereocenters. The number of aromatic nitrogens is 3. The minimum Gasteiger partial charge on any atom is -0.484 e. The number of carbonyl (C=O) groups excluding carboxylic acids is 1. The summed E-state index contributed by atoms with van der Waals surface area (Å²) in [5, 5.41) is 7.35. The molecule has 1 saturated heterocycles. The van der Waals surface area contributed by atoms with E-state index in [9.17, 15) is 9.00 Å². The lowest BCUT2D eigenvalue weighted by Crippen LogP contribution is -2.41. The molecule has 1 aromatic heterocycles. The van der Waals surface area contributed by atoms with Gasteiger partial charge in [-0.1, -0.05) is 36.4 Å². The maximum absolute atomic E-state index is 12.9. The zero-order valence-electron chi connectivity index (χ0n) is 17.4. The molecule has 4 rings (SSSR count). The minimum atomic E-state index is -2.07. The number of nitrogens with zero attached hydrogens (tertiary/aromatic N) is 3. The molecule has 1 aliphatic rings. The number of likely N-dealkylation sites (tertiary alicyclic amines) is 1. The first-order valence-electron chi connectivity index (χ1n) is 10.4. The number of hydrogen-bond donors (Lipinski definition) is 3. The van der Waals surface area contributed by atoms with Crippen LogP contribution in [-0.4, -0.2) is 47.9 Å². The first-order chi connectivity index (χ1) is 15.6. The third-order valence-corrected chi connectivity index (χ3v) is 5.72. The maximum atomic E-state index is 12.9. The lowest BCUT2D eigenvalue weighted by Gasteiger charge is -2.34. The van der Waals surface area contributed by atoms with Crippen LogP contribution in [0.3, 0.4) is 0 Å². The highest BCUT2D eigenvalue weighted by Crippen LogP contribution is 2.30. The number of aromatic amines is 1. The van der Waals surface area contributed by atoms with Gasteiger partial charge in [-0.15, -0.1) is 0 Å². The zero-order valence-corrected chi connectivity index (χ0v) is 18.3. The van der Waals surface area contributed by atoms with Gasteiger partial charge in [0.2, 0.25) is 11.3 Å². The van der Waals surface area contributed by atoms with Crippen LogP contribution in [0.4, 0.5) is 0 Å². The van der Waals surface area contributed by atoms with Crippen LogP contribution in [0.2, 0.25) is 0 Å². The van der Waals surface area contributed by atoms with Crippen LogP contribution in [0.15, 0.2) is 54.6 Å². The number of nitrogens with one attached hydrogen (secondary N) is 2. The Labute approximate surface area is 188 Å². The Morgan fingerprint density at radius 2 is 2.06 bits per heavy atom. The fraction of sp³-hybridized carbons (Fsp3) is 0.318. The fourth-order valence-electron chi connectivity index (χ4n) is 3.78. The topological polar surface area (TPSA) is 120 Å². The summed E-state index contributed by atoms with van der Waals surface area (Å²) >= 11 is -2.07. The third kappa shape index (κ3) is 5.58. The molecule has 0 bridgehead atoms. The van der Waals surface area contributed by atoms with E-state index in [1.54, 1.807) is 0 Å².